The van der Waals surface area contributed by atoms with Gasteiger partial charge < -0.3 is 30.9 Å². The standard InChI is InChI=1S/C31H43N4O9PS/c1-22(2)20-35(46(41,42)28-15-13-26(32)14-16-28)27(21-44-45(38,39)40)10-6-7-17-33-30(36)29(34-31(37)43-3)19-23-11-12-24-8-4-5-9-25(24)18-23/h4-5,8-9,11-16,18,22,27,29H,6-7,10,17,19-21,32H2,1-3H3,(H,33,36)(H,34,37)(H2,38,39,40)/t27-,29-/m0/s1. The molecule has 0 aliphatic carbocycles. The molecule has 0 spiro atoms. The highest BCUT2D eigenvalue weighted by Crippen LogP contribution is 2.37. The van der Waals surface area contributed by atoms with Crippen LogP contribution >= 0.6 is 7.82 Å². The number of carbonyl (C=O) groups is 2. The minimum Gasteiger partial charge on any atom is -0.453 e. The number of methoxy groups -OCH3 is 1. The van der Waals surface area contributed by atoms with Gasteiger partial charge in [0.2, 0.25) is 15.9 Å². The Hall–Kier alpha value is -3.52. The second-order valence-electron chi connectivity index (χ2n) is 11.3. The molecule has 0 saturated carbocycles. The number of fused-ring (bicyclic) bond motifs is 1. The molecule has 0 aromatic heterocycles. The number of phosphoric acid groups is 1. The van der Waals surface area contributed by atoms with E-state index in [4.69, 9.17) is 15.0 Å². The molecule has 2 amide bonds. The number of sulfonamides is 1. The van der Waals surface area contributed by atoms with E-state index in [1.807, 2.05) is 56.3 Å². The lowest BCUT2D eigenvalue weighted by Crippen LogP contribution is -2.48. The molecule has 252 valence electrons. The van der Waals surface area contributed by atoms with Crippen molar-refractivity contribution in [3.8, 4) is 0 Å². The molecular formula is C31H43N4O9PS. The average Bonchev–Trinajstić information content (AvgIpc) is 3.00. The van der Waals surface area contributed by atoms with Crippen LogP contribution in [0.3, 0.4) is 0 Å². The number of nitrogens with one attached hydrogen (secondary N) is 2. The number of rotatable bonds is 17. The maximum Gasteiger partial charge on any atom is 0.469 e. The normalized spacial score (nSPS) is 13.5. The number of phosphoric ester groups is 1. The van der Waals surface area contributed by atoms with Gasteiger partial charge in [0.25, 0.3) is 0 Å². The zero-order valence-corrected chi connectivity index (χ0v) is 27.9. The number of nitrogens with two attached hydrogens (primary N) is 1. The van der Waals surface area contributed by atoms with E-state index in [0.29, 0.717) is 18.5 Å². The molecule has 3 aromatic carbocycles. The average molecular weight is 679 g/mol. The van der Waals surface area contributed by atoms with Crippen LogP contribution in [-0.4, -0.2) is 73.4 Å². The molecule has 0 heterocycles. The van der Waals surface area contributed by atoms with Gasteiger partial charge in [-0.1, -0.05) is 62.7 Å². The zero-order valence-electron chi connectivity index (χ0n) is 26.2. The summed E-state index contributed by atoms with van der Waals surface area (Å²) in [5.74, 6) is -0.533. The Morgan fingerprint density at radius 3 is 2.30 bits per heavy atom. The summed E-state index contributed by atoms with van der Waals surface area (Å²) in [5.41, 5.74) is 6.96. The van der Waals surface area contributed by atoms with E-state index in [1.54, 1.807) is 0 Å². The van der Waals surface area contributed by atoms with Crippen LogP contribution in [0.5, 0.6) is 0 Å². The van der Waals surface area contributed by atoms with E-state index in [9.17, 15) is 32.4 Å². The first-order valence-corrected chi connectivity index (χ1v) is 17.8. The number of amides is 2. The molecule has 0 aliphatic rings. The quantitative estimate of drug-likeness (QED) is 0.0795. The molecule has 0 saturated heterocycles. The SMILES string of the molecule is COC(=O)N[C@@H](Cc1ccc2ccccc2c1)C(=O)NCCCC[C@@H](COP(=O)(O)O)N(CC(C)C)S(=O)(=O)c1ccc(N)cc1. The summed E-state index contributed by atoms with van der Waals surface area (Å²) >= 11 is 0. The van der Waals surface area contributed by atoms with Gasteiger partial charge >= 0.3 is 13.9 Å². The van der Waals surface area contributed by atoms with Crippen molar-refractivity contribution in [2.75, 3.05) is 32.5 Å². The molecule has 6 N–H and O–H groups in total. The second kappa shape index (κ2) is 16.9. The third-order valence-electron chi connectivity index (χ3n) is 7.19. The van der Waals surface area contributed by atoms with E-state index in [0.717, 1.165) is 16.3 Å². The Kier molecular flexibility index (Phi) is 13.5. The third kappa shape index (κ3) is 11.4. The lowest BCUT2D eigenvalue weighted by molar-refractivity contribution is -0.123. The van der Waals surface area contributed by atoms with Crippen LogP contribution in [0.4, 0.5) is 10.5 Å². The Bertz CT molecular complexity index is 1610. The Balaban J connectivity index is 1.68. The van der Waals surface area contributed by atoms with Gasteiger partial charge in [-0.2, -0.15) is 4.31 Å². The smallest absolute Gasteiger partial charge is 0.453 e. The number of alkyl carbamates (subject to hydrolysis) is 1. The van der Waals surface area contributed by atoms with E-state index in [1.165, 1.54) is 35.7 Å². The number of carbonyl (C=O) groups excluding carboxylic acids is 2. The maximum absolute atomic E-state index is 13.7. The van der Waals surface area contributed by atoms with E-state index in [2.05, 4.69) is 10.6 Å². The Labute approximate surface area is 269 Å². The second-order valence-corrected chi connectivity index (χ2v) is 14.5. The summed E-state index contributed by atoms with van der Waals surface area (Å²) < 4.78 is 49.6. The topological polar surface area (TPSA) is 198 Å². The van der Waals surface area contributed by atoms with E-state index < -0.39 is 48.5 Å². The highest BCUT2D eigenvalue weighted by atomic mass is 32.2. The van der Waals surface area contributed by atoms with Gasteiger partial charge in [-0.3, -0.25) is 9.32 Å². The lowest BCUT2D eigenvalue weighted by Gasteiger charge is -2.32. The van der Waals surface area contributed by atoms with Crippen molar-refractivity contribution in [3.63, 3.8) is 0 Å². The minimum absolute atomic E-state index is 0.00801. The van der Waals surface area contributed by atoms with Crippen molar-refractivity contribution in [1.29, 1.82) is 0 Å². The Morgan fingerprint density at radius 2 is 1.67 bits per heavy atom. The number of nitrogen functional groups attached to an aromatic ring is 1. The number of anilines is 1. The van der Waals surface area contributed by atoms with Crippen molar-refractivity contribution in [2.24, 2.45) is 5.92 Å². The zero-order chi connectivity index (χ0) is 33.9. The van der Waals surface area contributed by atoms with Crippen molar-refractivity contribution in [1.82, 2.24) is 14.9 Å². The summed E-state index contributed by atoms with van der Waals surface area (Å²) in [5, 5.41) is 7.44. The fourth-order valence-corrected chi connectivity index (χ4v) is 7.09. The van der Waals surface area contributed by atoms with Crippen LogP contribution in [0, 0.1) is 5.92 Å². The van der Waals surface area contributed by atoms with Crippen molar-refractivity contribution < 1.29 is 41.6 Å². The molecule has 0 aliphatic heterocycles. The molecule has 0 fully saturated rings. The molecule has 2 atom stereocenters. The van der Waals surface area contributed by atoms with Gasteiger partial charge in [-0.05, 0) is 59.4 Å². The van der Waals surface area contributed by atoms with E-state index >= 15 is 0 Å². The van der Waals surface area contributed by atoms with Crippen LogP contribution < -0.4 is 16.4 Å². The first kappa shape index (κ1) is 36.9. The van der Waals surface area contributed by atoms with Gasteiger partial charge in [0.15, 0.2) is 0 Å². The highest BCUT2D eigenvalue weighted by Gasteiger charge is 2.33. The van der Waals surface area contributed by atoms with E-state index in [-0.39, 0.29) is 36.7 Å². The fourth-order valence-electron chi connectivity index (χ4n) is 4.92. The van der Waals surface area contributed by atoms with Gasteiger partial charge in [-0.15, -0.1) is 0 Å². The minimum atomic E-state index is -4.89. The first-order valence-electron chi connectivity index (χ1n) is 14.9. The van der Waals surface area contributed by atoms with Crippen molar-refractivity contribution in [2.45, 2.75) is 56.5 Å². The summed E-state index contributed by atoms with van der Waals surface area (Å²) in [4.78, 5) is 43.9. The monoisotopic (exact) mass is 678 g/mol. The molecule has 0 unspecified atom stereocenters. The summed E-state index contributed by atoms with van der Waals surface area (Å²) in [6.45, 7) is 3.41. The summed E-state index contributed by atoms with van der Waals surface area (Å²) in [6, 6.07) is 17.5. The number of unbranched alkanes of at least 4 members (excludes halogenated alkanes) is 1. The molecule has 13 nitrogen and oxygen atoms in total. The van der Waals surface area contributed by atoms with Crippen LogP contribution in [-0.2, 0) is 35.1 Å². The third-order valence-corrected chi connectivity index (χ3v) is 9.60. The molecule has 15 heteroatoms. The number of hydrogen-bond acceptors (Lipinski definition) is 8. The number of ether oxygens (including phenoxy) is 1. The summed E-state index contributed by atoms with van der Waals surface area (Å²) in [7, 11) is -7.76. The van der Waals surface area contributed by atoms with Crippen LogP contribution in [0.15, 0.2) is 71.6 Å². The largest absolute Gasteiger partial charge is 0.469 e. The number of hydrogen-bond donors (Lipinski definition) is 5. The molecule has 3 rings (SSSR count). The predicted molar refractivity (Wildman–Crippen MR) is 175 cm³/mol. The highest BCUT2D eigenvalue weighted by molar-refractivity contribution is 7.89. The van der Waals surface area contributed by atoms with Crippen molar-refractivity contribution in [3.05, 3.63) is 72.3 Å². The molecular weight excluding hydrogens is 635 g/mol. The molecule has 46 heavy (non-hydrogen) atoms. The lowest BCUT2D eigenvalue weighted by atomic mass is 10.0. The van der Waals surface area contributed by atoms with Gasteiger partial charge in [-0.25, -0.2) is 17.8 Å². The van der Waals surface area contributed by atoms with Crippen LogP contribution in [0.1, 0.15) is 38.7 Å². The number of benzene rings is 3. The van der Waals surface area contributed by atoms with Crippen molar-refractivity contribution >= 4 is 46.3 Å². The first-order chi connectivity index (χ1) is 21.7. The van der Waals surface area contributed by atoms with Crippen LogP contribution in [0.25, 0.3) is 10.8 Å². The predicted octanol–water partition coefficient (Wildman–Crippen LogP) is 3.80. The maximum atomic E-state index is 13.7. The Morgan fingerprint density at radius 1 is 1.00 bits per heavy atom. The van der Waals surface area contributed by atoms with Gasteiger partial charge in [0, 0.05) is 31.2 Å². The summed E-state index contributed by atoms with van der Waals surface area (Å²) in [6.07, 6.45) is 0.470. The number of nitrogens with zero attached hydrogens (tertiary/aromatic N) is 1. The molecule has 3 aromatic rings. The van der Waals surface area contributed by atoms with Gasteiger partial charge in [0.05, 0.1) is 18.6 Å². The van der Waals surface area contributed by atoms with Gasteiger partial charge in [0.1, 0.15) is 6.04 Å². The molecule has 0 radical (unpaired) electrons. The van der Waals surface area contributed by atoms with Crippen LogP contribution in [0.2, 0.25) is 0 Å². The fraction of sp³-hybridized carbons (Fsp3) is 0.419. The molecule has 0 bridgehead atoms.